The van der Waals surface area contributed by atoms with E-state index in [-0.39, 0.29) is 16.5 Å². The van der Waals surface area contributed by atoms with Gasteiger partial charge in [-0.3, -0.25) is 4.90 Å². The molecule has 1 aromatic carbocycles. The van der Waals surface area contributed by atoms with Crippen LogP contribution in [0.15, 0.2) is 29.2 Å². The zero-order chi connectivity index (χ0) is 15.5. The van der Waals surface area contributed by atoms with Crippen LogP contribution in [0.4, 0.5) is 0 Å². The first kappa shape index (κ1) is 16.3. The lowest BCUT2D eigenvalue weighted by molar-refractivity contribution is 0.151. The molecule has 116 valence electrons. The summed E-state index contributed by atoms with van der Waals surface area (Å²) in [6.07, 6.45) is 0. The summed E-state index contributed by atoms with van der Waals surface area (Å²) in [6, 6.07) is 6.53. The van der Waals surface area contributed by atoms with Crippen LogP contribution >= 0.6 is 12.2 Å². The first-order chi connectivity index (χ1) is 9.96. The third-order valence-corrected chi connectivity index (χ3v) is 5.69. The van der Waals surface area contributed by atoms with Crippen molar-refractivity contribution < 1.29 is 13.5 Å². The third kappa shape index (κ3) is 3.58. The van der Waals surface area contributed by atoms with Crippen molar-refractivity contribution in [1.82, 2.24) is 9.21 Å². The molecule has 0 unspecified atom stereocenters. The van der Waals surface area contributed by atoms with E-state index in [2.05, 4.69) is 0 Å². The number of β-amino-alcohol motifs (C(OH)–C–C–N with tert-alkyl or cyclic N) is 1. The summed E-state index contributed by atoms with van der Waals surface area (Å²) < 4.78 is 26.9. The van der Waals surface area contributed by atoms with E-state index in [0.717, 1.165) is 0 Å². The van der Waals surface area contributed by atoms with E-state index < -0.39 is 10.0 Å². The average Bonchev–Trinajstić information content (AvgIpc) is 2.48. The zero-order valence-corrected chi connectivity index (χ0v) is 13.2. The van der Waals surface area contributed by atoms with Crippen molar-refractivity contribution in [3.63, 3.8) is 0 Å². The van der Waals surface area contributed by atoms with E-state index in [1.165, 1.54) is 10.4 Å². The molecule has 21 heavy (non-hydrogen) atoms. The van der Waals surface area contributed by atoms with Crippen LogP contribution < -0.4 is 5.73 Å². The smallest absolute Gasteiger partial charge is 0.243 e. The van der Waals surface area contributed by atoms with Crippen molar-refractivity contribution >= 4 is 27.2 Å². The Morgan fingerprint density at radius 3 is 2.43 bits per heavy atom. The molecule has 0 amide bonds. The summed E-state index contributed by atoms with van der Waals surface area (Å²) in [6.45, 7) is 2.65. The van der Waals surface area contributed by atoms with E-state index in [4.69, 9.17) is 23.1 Å². The maximum atomic E-state index is 12.7. The summed E-state index contributed by atoms with van der Waals surface area (Å²) in [5, 5.41) is 8.92. The largest absolute Gasteiger partial charge is 0.395 e. The number of rotatable bonds is 5. The van der Waals surface area contributed by atoms with E-state index in [1.807, 2.05) is 4.90 Å². The number of benzene rings is 1. The number of piperazine rings is 1. The minimum absolute atomic E-state index is 0.0769. The van der Waals surface area contributed by atoms with Gasteiger partial charge in [-0.2, -0.15) is 4.31 Å². The second-order valence-electron chi connectivity index (χ2n) is 4.83. The third-order valence-electron chi connectivity index (χ3n) is 3.52. The molecule has 1 heterocycles. The molecule has 0 aliphatic carbocycles. The Morgan fingerprint density at radius 1 is 1.24 bits per heavy atom. The lowest BCUT2D eigenvalue weighted by atomic mass is 10.2. The molecule has 1 aromatic rings. The van der Waals surface area contributed by atoms with Gasteiger partial charge < -0.3 is 10.8 Å². The Labute approximate surface area is 130 Å². The Kier molecular flexibility index (Phi) is 5.28. The summed E-state index contributed by atoms with van der Waals surface area (Å²) in [5.74, 6) is 0. The van der Waals surface area contributed by atoms with Crippen LogP contribution in [0.25, 0.3) is 0 Å². The molecule has 0 bridgehead atoms. The Bertz CT molecular complexity index is 611. The fraction of sp³-hybridized carbons (Fsp3) is 0.462. The summed E-state index contributed by atoms with van der Waals surface area (Å²) in [7, 11) is -3.60. The van der Waals surface area contributed by atoms with E-state index in [0.29, 0.717) is 38.3 Å². The molecule has 0 radical (unpaired) electrons. The Hall–Kier alpha value is -1.06. The molecule has 0 saturated carbocycles. The summed E-state index contributed by atoms with van der Waals surface area (Å²) in [4.78, 5) is 2.27. The number of aliphatic hydroxyl groups excluding tert-OH is 1. The van der Waals surface area contributed by atoms with Crippen molar-refractivity contribution in [2.24, 2.45) is 5.73 Å². The lowest BCUT2D eigenvalue weighted by Gasteiger charge is -2.33. The molecule has 0 aromatic heterocycles. The molecule has 0 atom stereocenters. The van der Waals surface area contributed by atoms with Gasteiger partial charge in [0, 0.05) is 38.3 Å². The maximum Gasteiger partial charge on any atom is 0.243 e. The molecular weight excluding hydrogens is 310 g/mol. The van der Waals surface area contributed by atoms with Crippen LogP contribution in [-0.2, 0) is 10.0 Å². The van der Waals surface area contributed by atoms with E-state index in [9.17, 15) is 8.42 Å². The lowest BCUT2D eigenvalue weighted by Crippen LogP contribution is -2.49. The highest BCUT2D eigenvalue weighted by molar-refractivity contribution is 7.89. The number of hydrogen-bond donors (Lipinski definition) is 2. The second kappa shape index (κ2) is 6.80. The van der Waals surface area contributed by atoms with Gasteiger partial charge in [-0.1, -0.05) is 30.4 Å². The van der Waals surface area contributed by atoms with Crippen LogP contribution in [0, 0.1) is 0 Å². The molecule has 1 saturated heterocycles. The number of hydrogen-bond acceptors (Lipinski definition) is 5. The fourth-order valence-corrected chi connectivity index (χ4v) is 4.24. The van der Waals surface area contributed by atoms with Crippen molar-refractivity contribution in [2.75, 3.05) is 39.3 Å². The second-order valence-corrected chi connectivity index (χ2v) is 7.18. The predicted molar refractivity (Wildman–Crippen MR) is 84.6 cm³/mol. The minimum Gasteiger partial charge on any atom is -0.395 e. The van der Waals surface area contributed by atoms with Crippen LogP contribution in [0.2, 0.25) is 0 Å². The standard InChI is InChI=1S/C13H19N3O3S2/c14-13(20)11-3-1-2-4-12(11)21(18,19)16-7-5-15(6-8-16)9-10-17/h1-4,17H,5-10H2,(H2,14,20). The van der Waals surface area contributed by atoms with Crippen LogP contribution in [0.5, 0.6) is 0 Å². The molecule has 1 aliphatic rings. The highest BCUT2D eigenvalue weighted by Crippen LogP contribution is 2.21. The molecular formula is C13H19N3O3S2. The van der Waals surface area contributed by atoms with Gasteiger partial charge in [0.1, 0.15) is 4.99 Å². The molecule has 6 nitrogen and oxygen atoms in total. The van der Waals surface area contributed by atoms with Crippen LogP contribution in [0.1, 0.15) is 5.56 Å². The number of aliphatic hydroxyl groups is 1. The average molecular weight is 329 g/mol. The molecule has 1 aliphatic heterocycles. The topological polar surface area (TPSA) is 86.9 Å². The van der Waals surface area contributed by atoms with Crippen molar-refractivity contribution in [1.29, 1.82) is 0 Å². The molecule has 1 fully saturated rings. The van der Waals surface area contributed by atoms with Gasteiger partial charge in [-0.05, 0) is 6.07 Å². The summed E-state index contributed by atoms with van der Waals surface area (Å²) in [5.41, 5.74) is 5.99. The maximum absolute atomic E-state index is 12.7. The van der Waals surface area contributed by atoms with Gasteiger partial charge in [0.05, 0.1) is 11.5 Å². The quantitative estimate of drug-likeness (QED) is 0.716. The molecule has 2 rings (SSSR count). The van der Waals surface area contributed by atoms with Gasteiger partial charge in [0.2, 0.25) is 10.0 Å². The number of thiocarbonyl (C=S) groups is 1. The highest BCUT2D eigenvalue weighted by atomic mass is 32.2. The van der Waals surface area contributed by atoms with Gasteiger partial charge in [-0.15, -0.1) is 0 Å². The van der Waals surface area contributed by atoms with Gasteiger partial charge in [0.15, 0.2) is 0 Å². The van der Waals surface area contributed by atoms with Crippen LogP contribution in [0.3, 0.4) is 0 Å². The Morgan fingerprint density at radius 2 is 1.86 bits per heavy atom. The minimum atomic E-state index is -3.60. The first-order valence-electron chi connectivity index (χ1n) is 6.69. The highest BCUT2D eigenvalue weighted by Gasteiger charge is 2.30. The van der Waals surface area contributed by atoms with Crippen molar-refractivity contribution in [3.8, 4) is 0 Å². The van der Waals surface area contributed by atoms with Crippen LogP contribution in [-0.4, -0.2) is 67.0 Å². The SMILES string of the molecule is NC(=S)c1ccccc1S(=O)(=O)N1CCN(CCO)CC1. The molecule has 3 N–H and O–H groups in total. The van der Waals surface area contributed by atoms with Gasteiger partial charge in [0.25, 0.3) is 0 Å². The summed E-state index contributed by atoms with van der Waals surface area (Å²) >= 11 is 4.93. The molecule has 8 heteroatoms. The molecule has 0 spiro atoms. The van der Waals surface area contributed by atoms with Crippen molar-refractivity contribution in [2.45, 2.75) is 4.90 Å². The van der Waals surface area contributed by atoms with E-state index in [1.54, 1.807) is 18.2 Å². The monoisotopic (exact) mass is 329 g/mol. The predicted octanol–water partition coefficient (Wildman–Crippen LogP) is -0.381. The first-order valence-corrected chi connectivity index (χ1v) is 8.54. The number of nitrogens with zero attached hydrogens (tertiary/aromatic N) is 2. The van der Waals surface area contributed by atoms with Crippen molar-refractivity contribution in [3.05, 3.63) is 29.8 Å². The number of nitrogens with two attached hydrogens (primary N) is 1. The zero-order valence-electron chi connectivity index (χ0n) is 11.6. The van der Waals surface area contributed by atoms with Gasteiger partial charge >= 0.3 is 0 Å². The normalized spacial score (nSPS) is 17.8. The Balaban J connectivity index is 2.22. The fourth-order valence-electron chi connectivity index (χ4n) is 2.37. The number of sulfonamides is 1. The van der Waals surface area contributed by atoms with E-state index >= 15 is 0 Å². The van der Waals surface area contributed by atoms with Gasteiger partial charge in [-0.25, -0.2) is 8.42 Å².